The second-order valence-electron chi connectivity index (χ2n) is 7.86. The summed E-state index contributed by atoms with van der Waals surface area (Å²) < 4.78 is 2.00. The lowest BCUT2D eigenvalue weighted by molar-refractivity contribution is 0.0919. The summed E-state index contributed by atoms with van der Waals surface area (Å²) in [6.45, 7) is 7.48. The number of carbonyl (C=O) groups excluding carboxylic acids is 1. The minimum Gasteiger partial charge on any atom is -0.354 e. The van der Waals surface area contributed by atoms with E-state index < -0.39 is 0 Å². The molecule has 0 radical (unpaired) electrons. The number of piperazine rings is 1. The van der Waals surface area contributed by atoms with Crippen LogP contribution in [0.15, 0.2) is 73.1 Å². The van der Waals surface area contributed by atoms with Crippen molar-refractivity contribution in [2.45, 2.75) is 19.5 Å². The first kappa shape index (κ1) is 20.2. The molecule has 6 heteroatoms. The molecule has 0 aliphatic carbocycles. The third-order valence-corrected chi connectivity index (χ3v) is 5.51. The lowest BCUT2D eigenvalue weighted by Gasteiger charge is -2.36. The summed E-state index contributed by atoms with van der Waals surface area (Å²) in [6.07, 6.45) is 3.80. The molecule has 1 aliphatic heterocycles. The number of amides is 1. The molecule has 3 heterocycles. The first-order valence-corrected chi connectivity index (χ1v) is 10.6. The van der Waals surface area contributed by atoms with Gasteiger partial charge in [-0.2, -0.15) is 0 Å². The number of carbonyl (C=O) groups is 1. The molecule has 3 aromatic rings. The molecule has 30 heavy (non-hydrogen) atoms. The fourth-order valence-corrected chi connectivity index (χ4v) is 3.97. The van der Waals surface area contributed by atoms with E-state index in [9.17, 15) is 4.79 Å². The van der Waals surface area contributed by atoms with E-state index in [1.807, 2.05) is 59.4 Å². The average Bonchev–Trinajstić information content (AvgIpc) is 3.24. The Morgan fingerprint density at radius 2 is 1.77 bits per heavy atom. The van der Waals surface area contributed by atoms with Gasteiger partial charge in [0.2, 0.25) is 0 Å². The number of nitrogens with one attached hydrogen (secondary N) is 1. The zero-order valence-corrected chi connectivity index (χ0v) is 17.4. The van der Waals surface area contributed by atoms with Crippen molar-refractivity contribution in [1.29, 1.82) is 0 Å². The highest BCUT2D eigenvalue weighted by atomic mass is 16.2. The van der Waals surface area contributed by atoms with E-state index in [1.165, 1.54) is 5.56 Å². The predicted molar refractivity (Wildman–Crippen MR) is 120 cm³/mol. The molecule has 4 rings (SSSR count). The van der Waals surface area contributed by atoms with E-state index in [0.717, 1.165) is 38.5 Å². The highest BCUT2D eigenvalue weighted by molar-refractivity contribution is 5.93. The van der Waals surface area contributed by atoms with Crippen molar-refractivity contribution >= 4 is 11.7 Å². The minimum absolute atomic E-state index is 0.0180. The van der Waals surface area contributed by atoms with Crippen molar-refractivity contribution in [3.05, 3.63) is 84.3 Å². The van der Waals surface area contributed by atoms with Gasteiger partial charge in [0.25, 0.3) is 5.91 Å². The van der Waals surface area contributed by atoms with Gasteiger partial charge >= 0.3 is 0 Å². The number of hydrogen-bond donors (Lipinski definition) is 1. The zero-order valence-electron chi connectivity index (χ0n) is 17.4. The average molecular weight is 404 g/mol. The van der Waals surface area contributed by atoms with E-state index in [2.05, 4.69) is 45.2 Å². The predicted octanol–water partition coefficient (Wildman–Crippen LogP) is 2.87. The van der Waals surface area contributed by atoms with Crippen molar-refractivity contribution in [3.8, 4) is 0 Å². The van der Waals surface area contributed by atoms with Gasteiger partial charge in [-0.15, -0.1) is 0 Å². The Hall–Kier alpha value is -3.12. The van der Waals surface area contributed by atoms with Gasteiger partial charge in [0, 0.05) is 57.7 Å². The molecule has 1 unspecified atom stereocenters. The van der Waals surface area contributed by atoms with Crippen LogP contribution in [0.4, 0.5) is 5.82 Å². The van der Waals surface area contributed by atoms with Gasteiger partial charge in [-0.3, -0.25) is 9.69 Å². The lowest BCUT2D eigenvalue weighted by atomic mass is 10.2. The normalized spacial score (nSPS) is 15.7. The second kappa shape index (κ2) is 9.59. The van der Waals surface area contributed by atoms with Gasteiger partial charge < -0.3 is 14.8 Å². The highest BCUT2D eigenvalue weighted by Gasteiger charge is 2.21. The van der Waals surface area contributed by atoms with E-state index in [1.54, 1.807) is 0 Å². The van der Waals surface area contributed by atoms with Crippen molar-refractivity contribution in [2.24, 2.45) is 0 Å². The van der Waals surface area contributed by atoms with Crippen LogP contribution in [-0.2, 0) is 6.54 Å². The number of hydrogen-bond acceptors (Lipinski definition) is 4. The van der Waals surface area contributed by atoms with Gasteiger partial charge in [-0.1, -0.05) is 36.4 Å². The van der Waals surface area contributed by atoms with Crippen molar-refractivity contribution < 1.29 is 4.79 Å². The minimum atomic E-state index is -0.0180. The molecule has 1 N–H and O–H groups in total. The van der Waals surface area contributed by atoms with Crippen molar-refractivity contribution in [3.63, 3.8) is 0 Å². The first-order chi connectivity index (χ1) is 14.7. The maximum atomic E-state index is 12.8. The van der Waals surface area contributed by atoms with Crippen LogP contribution in [0, 0.1) is 0 Å². The molecular formula is C24H29N5O. The first-order valence-electron chi connectivity index (χ1n) is 10.6. The standard InChI is InChI=1S/C24H29N5O/c1-20(18-27-14-16-28(17-15-27)23-11-5-6-12-25-23)26-24(30)22-10-7-13-29(22)19-21-8-3-2-4-9-21/h2-13,20H,14-19H2,1H3,(H,26,30). The largest absolute Gasteiger partial charge is 0.354 e. The van der Waals surface area contributed by atoms with Crippen LogP contribution in [0.3, 0.4) is 0 Å². The summed E-state index contributed by atoms with van der Waals surface area (Å²) in [4.78, 5) is 22.0. The SMILES string of the molecule is CC(CN1CCN(c2ccccn2)CC1)NC(=O)c1cccn1Cc1ccccc1. The van der Waals surface area contributed by atoms with Gasteiger partial charge in [0.1, 0.15) is 11.5 Å². The molecule has 0 bridgehead atoms. The molecule has 0 saturated carbocycles. The summed E-state index contributed by atoms with van der Waals surface area (Å²) in [7, 11) is 0. The maximum Gasteiger partial charge on any atom is 0.268 e. The Kier molecular flexibility index (Phi) is 6.44. The van der Waals surface area contributed by atoms with Gasteiger partial charge in [-0.05, 0) is 36.8 Å². The number of benzene rings is 1. The Morgan fingerprint density at radius 3 is 2.50 bits per heavy atom. The molecule has 1 atom stereocenters. The summed E-state index contributed by atoms with van der Waals surface area (Å²) in [6, 6.07) is 20.1. The van der Waals surface area contributed by atoms with E-state index in [4.69, 9.17) is 0 Å². The Labute approximate surface area is 178 Å². The lowest BCUT2D eigenvalue weighted by Crippen LogP contribution is -2.51. The van der Waals surface area contributed by atoms with Crippen LogP contribution in [0.2, 0.25) is 0 Å². The second-order valence-corrected chi connectivity index (χ2v) is 7.86. The highest BCUT2D eigenvalue weighted by Crippen LogP contribution is 2.13. The van der Waals surface area contributed by atoms with Gasteiger partial charge in [0.15, 0.2) is 0 Å². The molecule has 1 saturated heterocycles. The zero-order chi connectivity index (χ0) is 20.8. The van der Waals surface area contributed by atoms with Crippen LogP contribution < -0.4 is 10.2 Å². The maximum absolute atomic E-state index is 12.8. The van der Waals surface area contributed by atoms with E-state index in [-0.39, 0.29) is 11.9 Å². The summed E-state index contributed by atoms with van der Waals surface area (Å²) in [5.41, 5.74) is 1.88. The number of nitrogens with zero attached hydrogens (tertiary/aromatic N) is 4. The summed E-state index contributed by atoms with van der Waals surface area (Å²) in [5.74, 6) is 1.02. The fourth-order valence-electron chi connectivity index (χ4n) is 3.97. The molecule has 1 aromatic carbocycles. The molecule has 1 fully saturated rings. The topological polar surface area (TPSA) is 53.4 Å². The number of rotatable bonds is 7. The fraction of sp³-hybridized carbons (Fsp3) is 0.333. The molecule has 6 nitrogen and oxygen atoms in total. The van der Waals surface area contributed by atoms with Crippen molar-refractivity contribution in [2.75, 3.05) is 37.6 Å². The molecular weight excluding hydrogens is 374 g/mol. The monoisotopic (exact) mass is 403 g/mol. The third kappa shape index (κ3) is 5.07. The van der Waals surface area contributed by atoms with Gasteiger partial charge in [-0.25, -0.2) is 4.98 Å². The van der Waals surface area contributed by atoms with Crippen LogP contribution in [-0.4, -0.2) is 59.1 Å². The van der Waals surface area contributed by atoms with E-state index in [0.29, 0.717) is 12.2 Å². The quantitative estimate of drug-likeness (QED) is 0.659. The summed E-state index contributed by atoms with van der Waals surface area (Å²) in [5, 5.41) is 3.17. The number of aromatic nitrogens is 2. The van der Waals surface area contributed by atoms with Gasteiger partial charge in [0.05, 0.1) is 0 Å². The molecule has 0 spiro atoms. The number of anilines is 1. The smallest absolute Gasteiger partial charge is 0.268 e. The van der Waals surface area contributed by atoms with Crippen LogP contribution in [0.1, 0.15) is 23.0 Å². The molecule has 156 valence electrons. The van der Waals surface area contributed by atoms with Crippen molar-refractivity contribution in [1.82, 2.24) is 19.8 Å². The Bertz CT molecular complexity index is 932. The van der Waals surface area contributed by atoms with Crippen LogP contribution in [0.25, 0.3) is 0 Å². The molecule has 1 amide bonds. The molecule has 1 aliphatic rings. The third-order valence-electron chi connectivity index (χ3n) is 5.51. The van der Waals surface area contributed by atoms with Crippen LogP contribution in [0.5, 0.6) is 0 Å². The van der Waals surface area contributed by atoms with Crippen LogP contribution >= 0.6 is 0 Å². The molecule has 2 aromatic heterocycles. The Morgan fingerprint density at radius 1 is 1.00 bits per heavy atom. The van der Waals surface area contributed by atoms with E-state index >= 15 is 0 Å². The summed E-state index contributed by atoms with van der Waals surface area (Å²) >= 11 is 0. The Balaban J connectivity index is 1.27. The number of pyridine rings is 1.